The van der Waals surface area contributed by atoms with Gasteiger partial charge in [-0.1, -0.05) is 18.2 Å². The van der Waals surface area contributed by atoms with Crippen LogP contribution in [0.25, 0.3) is 0 Å². The molecule has 0 atom stereocenters. The molecule has 0 fully saturated rings. The first-order valence-electron chi connectivity index (χ1n) is 5.23. The number of phenolic OH excluding ortho intramolecular Hbond substituents is 1. The lowest BCUT2D eigenvalue weighted by Gasteiger charge is -2.05. The second-order valence-electron chi connectivity index (χ2n) is 3.83. The summed E-state index contributed by atoms with van der Waals surface area (Å²) in [6, 6.07) is 6.55. The maximum Gasteiger partial charge on any atom is 0.259 e. The predicted octanol–water partition coefficient (Wildman–Crippen LogP) is 0.604. The summed E-state index contributed by atoms with van der Waals surface area (Å²) in [6.07, 6.45) is 2.82. The first kappa shape index (κ1) is 12.6. The highest BCUT2D eigenvalue weighted by molar-refractivity contribution is 7.89. The fraction of sp³-hybridized carbons (Fsp3) is 0.182. The van der Waals surface area contributed by atoms with E-state index in [0.717, 1.165) is 0 Å². The molecular formula is C11H13N3O3S. The molecule has 0 radical (unpaired) electrons. The first-order valence-corrected chi connectivity index (χ1v) is 6.72. The molecule has 0 aliphatic carbocycles. The average molecular weight is 267 g/mol. The summed E-state index contributed by atoms with van der Waals surface area (Å²) in [4.78, 5) is 3.77. The van der Waals surface area contributed by atoms with Crippen molar-refractivity contribution in [3.05, 3.63) is 42.4 Å². The van der Waals surface area contributed by atoms with Gasteiger partial charge in [0.2, 0.25) is 0 Å². The Morgan fingerprint density at radius 3 is 2.72 bits per heavy atom. The van der Waals surface area contributed by atoms with Gasteiger partial charge >= 0.3 is 0 Å². The number of aromatic hydroxyl groups is 1. The number of sulfonamides is 1. The summed E-state index contributed by atoms with van der Waals surface area (Å²) in [5.41, 5.74) is 0.511. The third-order valence-corrected chi connectivity index (χ3v) is 3.69. The highest BCUT2D eigenvalue weighted by atomic mass is 32.2. The molecule has 2 N–H and O–H groups in total. The fourth-order valence-electron chi connectivity index (χ4n) is 1.43. The molecular weight excluding hydrogens is 254 g/mol. The maximum absolute atomic E-state index is 11.9. The van der Waals surface area contributed by atoms with Gasteiger partial charge in [0, 0.05) is 25.4 Å². The summed E-state index contributed by atoms with van der Waals surface area (Å²) in [5, 5.41) is 9.49. The Bertz CT molecular complexity index is 649. The van der Waals surface area contributed by atoms with E-state index in [1.807, 2.05) is 0 Å². The van der Waals surface area contributed by atoms with Crippen LogP contribution in [0.15, 0.2) is 41.8 Å². The summed E-state index contributed by atoms with van der Waals surface area (Å²) in [5.74, 6) is 0.0567. The highest BCUT2D eigenvalue weighted by Gasteiger charge is 2.16. The van der Waals surface area contributed by atoms with Crippen LogP contribution in [0.2, 0.25) is 0 Å². The number of nitrogens with zero attached hydrogens (tertiary/aromatic N) is 2. The van der Waals surface area contributed by atoms with E-state index in [0.29, 0.717) is 5.56 Å². The van der Waals surface area contributed by atoms with Gasteiger partial charge in [-0.2, -0.15) is 0 Å². The molecule has 18 heavy (non-hydrogen) atoms. The molecule has 0 saturated carbocycles. The number of hydrogen-bond donors (Lipinski definition) is 2. The van der Waals surface area contributed by atoms with Crippen molar-refractivity contribution in [1.29, 1.82) is 0 Å². The number of hydrogen-bond acceptors (Lipinski definition) is 4. The van der Waals surface area contributed by atoms with Crippen molar-refractivity contribution < 1.29 is 13.5 Å². The zero-order valence-electron chi connectivity index (χ0n) is 9.74. The summed E-state index contributed by atoms with van der Waals surface area (Å²) >= 11 is 0. The molecule has 2 rings (SSSR count). The fourth-order valence-corrected chi connectivity index (χ4v) is 2.42. The highest BCUT2D eigenvalue weighted by Crippen LogP contribution is 2.16. The molecule has 1 aromatic heterocycles. The van der Waals surface area contributed by atoms with Crippen molar-refractivity contribution in [3.8, 4) is 5.75 Å². The smallest absolute Gasteiger partial charge is 0.259 e. The number of phenols is 1. The number of aromatic nitrogens is 2. The average Bonchev–Trinajstić information content (AvgIpc) is 2.76. The lowest BCUT2D eigenvalue weighted by Crippen LogP contribution is -2.23. The van der Waals surface area contributed by atoms with Crippen LogP contribution in [0.5, 0.6) is 5.75 Å². The third-order valence-electron chi connectivity index (χ3n) is 2.40. The van der Waals surface area contributed by atoms with E-state index < -0.39 is 10.0 Å². The molecule has 1 heterocycles. The molecule has 96 valence electrons. The maximum atomic E-state index is 11.9. The summed E-state index contributed by atoms with van der Waals surface area (Å²) in [7, 11) is -1.96. The molecule has 0 bridgehead atoms. The lowest BCUT2D eigenvalue weighted by atomic mass is 10.2. The van der Waals surface area contributed by atoms with E-state index in [2.05, 4.69) is 9.71 Å². The molecule has 1 aromatic carbocycles. The van der Waals surface area contributed by atoms with Gasteiger partial charge in [0.05, 0.1) is 6.33 Å². The molecule has 6 nitrogen and oxygen atoms in total. The van der Waals surface area contributed by atoms with Gasteiger partial charge in [-0.3, -0.25) is 0 Å². The van der Waals surface area contributed by atoms with Crippen LogP contribution in [0.4, 0.5) is 0 Å². The lowest BCUT2D eigenvalue weighted by molar-refractivity contribution is 0.467. The predicted molar refractivity (Wildman–Crippen MR) is 65.3 cm³/mol. The molecule has 2 aromatic rings. The normalized spacial score (nSPS) is 11.6. The van der Waals surface area contributed by atoms with E-state index in [-0.39, 0.29) is 17.3 Å². The van der Waals surface area contributed by atoms with Gasteiger partial charge in [-0.25, -0.2) is 18.1 Å². The number of nitrogens with one attached hydrogen (secondary N) is 1. The van der Waals surface area contributed by atoms with Crippen molar-refractivity contribution in [2.45, 2.75) is 11.6 Å². The van der Waals surface area contributed by atoms with Crippen molar-refractivity contribution in [1.82, 2.24) is 14.3 Å². The van der Waals surface area contributed by atoms with E-state index in [4.69, 9.17) is 0 Å². The summed E-state index contributed by atoms with van der Waals surface area (Å²) in [6.45, 7) is 0.0194. The molecule has 0 spiro atoms. The van der Waals surface area contributed by atoms with Crippen LogP contribution in [0, 0.1) is 0 Å². The van der Waals surface area contributed by atoms with Crippen molar-refractivity contribution in [3.63, 3.8) is 0 Å². The molecule has 0 unspecified atom stereocenters. The Morgan fingerprint density at radius 2 is 2.11 bits per heavy atom. The van der Waals surface area contributed by atoms with E-state index in [9.17, 15) is 13.5 Å². The Morgan fingerprint density at radius 1 is 1.39 bits per heavy atom. The van der Waals surface area contributed by atoms with Gasteiger partial charge in [0.15, 0.2) is 5.03 Å². The number of rotatable bonds is 4. The van der Waals surface area contributed by atoms with Gasteiger partial charge in [0.25, 0.3) is 10.0 Å². The van der Waals surface area contributed by atoms with Gasteiger partial charge in [0.1, 0.15) is 5.75 Å². The Balaban J connectivity index is 2.13. The van der Waals surface area contributed by atoms with Crippen LogP contribution in [-0.4, -0.2) is 23.1 Å². The van der Waals surface area contributed by atoms with Gasteiger partial charge in [-0.05, 0) is 6.07 Å². The van der Waals surface area contributed by atoms with E-state index >= 15 is 0 Å². The van der Waals surface area contributed by atoms with Crippen LogP contribution in [0.1, 0.15) is 5.56 Å². The van der Waals surface area contributed by atoms with Crippen LogP contribution in [0.3, 0.4) is 0 Å². The van der Waals surface area contributed by atoms with Crippen LogP contribution < -0.4 is 4.72 Å². The number of para-hydroxylation sites is 1. The minimum absolute atomic E-state index is 0.0194. The summed E-state index contributed by atoms with van der Waals surface area (Å²) < 4.78 is 27.7. The standard InChI is InChI=1S/C11H13N3O3S/c1-14-7-11(12-8-14)18(16,17)13-6-9-4-2-3-5-10(9)15/h2-5,7-8,13,15H,6H2,1H3. The SMILES string of the molecule is Cn1cnc(S(=O)(=O)NCc2ccccc2O)c1. The zero-order valence-corrected chi connectivity index (χ0v) is 10.6. The zero-order chi connectivity index (χ0) is 13.2. The van der Waals surface area contributed by atoms with Crippen molar-refractivity contribution in [2.75, 3.05) is 0 Å². The molecule has 7 heteroatoms. The molecule has 0 aliphatic rings. The van der Waals surface area contributed by atoms with E-state index in [1.165, 1.54) is 18.6 Å². The number of imidazole rings is 1. The van der Waals surface area contributed by atoms with Crippen LogP contribution >= 0.6 is 0 Å². The van der Waals surface area contributed by atoms with Crippen molar-refractivity contribution >= 4 is 10.0 Å². The Hall–Kier alpha value is -1.86. The second-order valence-corrected chi connectivity index (χ2v) is 5.54. The first-order chi connectivity index (χ1) is 8.49. The van der Waals surface area contributed by atoms with Crippen molar-refractivity contribution in [2.24, 2.45) is 7.05 Å². The minimum atomic E-state index is -3.65. The Kier molecular flexibility index (Phi) is 3.35. The Labute approximate surface area is 105 Å². The number of aryl methyl sites for hydroxylation is 1. The monoisotopic (exact) mass is 267 g/mol. The van der Waals surface area contributed by atoms with Gasteiger partial charge in [-0.15, -0.1) is 0 Å². The minimum Gasteiger partial charge on any atom is -0.508 e. The largest absolute Gasteiger partial charge is 0.508 e. The van der Waals surface area contributed by atoms with E-state index in [1.54, 1.807) is 29.8 Å². The topological polar surface area (TPSA) is 84.2 Å². The molecule has 0 aliphatic heterocycles. The number of benzene rings is 1. The third kappa shape index (κ3) is 2.69. The molecule has 0 amide bonds. The van der Waals surface area contributed by atoms with Gasteiger partial charge < -0.3 is 9.67 Å². The molecule has 0 saturated heterocycles. The second kappa shape index (κ2) is 4.79. The quantitative estimate of drug-likeness (QED) is 0.849. The van der Waals surface area contributed by atoms with Crippen LogP contribution in [-0.2, 0) is 23.6 Å².